The quantitative estimate of drug-likeness (QED) is 0.122. The van der Waals surface area contributed by atoms with Gasteiger partial charge in [0.2, 0.25) is 0 Å². The Hall–Kier alpha value is -15.2. The van der Waals surface area contributed by atoms with Gasteiger partial charge in [0.25, 0.3) is 0 Å². The lowest BCUT2D eigenvalue weighted by Crippen LogP contribution is -2.02. The summed E-state index contributed by atoms with van der Waals surface area (Å²) in [6, 6.07) is 140. The fraction of sp³-hybridized carbons (Fsp3) is 0. The summed E-state index contributed by atoms with van der Waals surface area (Å²) < 4.78 is 9.28. The summed E-state index contributed by atoms with van der Waals surface area (Å²) >= 11 is 0. The van der Waals surface area contributed by atoms with Gasteiger partial charge in [-0.2, -0.15) is 0 Å². The van der Waals surface area contributed by atoms with Crippen LogP contribution in [0.2, 0.25) is 0 Å². The van der Waals surface area contributed by atoms with Crippen LogP contribution < -0.4 is 0 Å². The highest BCUT2D eigenvalue weighted by Gasteiger charge is 2.23. The molecule has 0 saturated carbocycles. The molecular formula is C103H67N9. The molecule has 0 fully saturated rings. The topological polar surface area (TPSA) is 84.2 Å². The van der Waals surface area contributed by atoms with E-state index < -0.39 is 0 Å². The van der Waals surface area contributed by atoms with Gasteiger partial charge in [0.05, 0.1) is 55.5 Å². The molecule has 0 unspecified atom stereocenters. The maximum Gasteiger partial charge on any atom is 0.162 e. The summed E-state index contributed by atoms with van der Waals surface area (Å²) in [6.45, 7) is 0. The maximum absolute atomic E-state index is 5.27. The minimum absolute atomic E-state index is 0.689. The van der Waals surface area contributed by atoms with Crippen molar-refractivity contribution in [3.8, 4) is 113 Å². The van der Waals surface area contributed by atoms with Crippen molar-refractivity contribution >= 4 is 87.2 Å². The van der Waals surface area contributed by atoms with Crippen molar-refractivity contribution in [2.24, 2.45) is 0 Å². The third-order valence-electron chi connectivity index (χ3n) is 21.8. The number of nitrogens with zero attached hydrogens (tertiary/aromatic N) is 9. The van der Waals surface area contributed by atoms with E-state index in [9.17, 15) is 0 Å². The van der Waals surface area contributed by atoms with Crippen LogP contribution in [-0.2, 0) is 0 Å². The monoisotopic (exact) mass is 1430 g/mol. The van der Waals surface area contributed by atoms with E-state index in [2.05, 4.69) is 369 Å². The first kappa shape index (κ1) is 65.1. The zero-order valence-corrected chi connectivity index (χ0v) is 60.7. The molecule has 524 valence electrons. The van der Waals surface area contributed by atoms with E-state index in [-0.39, 0.29) is 0 Å². The number of fused-ring (bicyclic) bond motifs is 12. The lowest BCUT2D eigenvalue weighted by Gasteiger charge is -2.13. The van der Waals surface area contributed by atoms with Crippen LogP contribution in [0.1, 0.15) is 0 Å². The van der Waals surface area contributed by atoms with Gasteiger partial charge in [-0.05, 0) is 148 Å². The average molecular weight is 1430 g/mol. The normalized spacial score (nSPS) is 11.6. The van der Waals surface area contributed by atoms with E-state index in [1.807, 2.05) is 60.9 Å². The predicted octanol–water partition coefficient (Wildman–Crippen LogP) is 26.1. The summed E-state index contributed by atoms with van der Waals surface area (Å²) in [7, 11) is 0. The molecule has 15 aromatic carbocycles. The molecule has 0 radical (unpaired) electrons. The van der Waals surface area contributed by atoms with E-state index in [0.29, 0.717) is 11.6 Å². The van der Waals surface area contributed by atoms with Crippen molar-refractivity contribution in [1.29, 1.82) is 0 Å². The van der Waals surface area contributed by atoms with Crippen molar-refractivity contribution in [3.05, 3.63) is 407 Å². The van der Waals surface area contributed by atoms with Gasteiger partial charge in [0.15, 0.2) is 11.6 Å². The Kier molecular flexibility index (Phi) is 16.0. The van der Waals surface area contributed by atoms with E-state index in [4.69, 9.17) is 19.9 Å². The minimum atomic E-state index is 0.689. The Labute approximate surface area is 645 Å². The van der Waals surface area contributed by atoms with Gasteiger partial charge in [-0.1, -0.05) is 279 Å². The van der Waals surface area contributed by atoms with Gasteiger partial charge >= 0.3 is 0 Å². The zero-order chi connectivity index (χ0) is 74.0. The van der Waals surface area contributed by atoms with Crippen molar-refractivity contribution in [2.75, 3.05) is 0 Å². The smallest absolute Gasteiger partial charge is 0.162 e. The van der Waals surface area contributed by atoms with E-state index >= 15 is 0 Å². The molecule has 7 heterocycles. The summed E-state index contributed by atoms with van der Waals surface area (Å²) in [4.78, 5) is 25.0. The van der Waals surface area contributed by atoms with Gasteiger partial charge in [-0.15, -0.1) is 0 Å². The maximum atomic E-state index is 5.27. The Bertz CT molecular complexity index is 7260. The van der Waals surface area contributed by atoms with E-state index in [1.165, 1.54) is 93.2 Å². The van der Waals surface area contributed by atoms with Crippen molar-refractivity contribution in [3.63, 3.8) is 0 Å². The van der Waals surface area contributed by atoms with Gasteiger partial charge in [0.1, 0.15) is 11.6 Å². The molecule has 22 rings (SSSR count). The second-order valence-electron chi connectivity index (χ2n) is 28.4. The standard InChI is InChI=1S/C52H34N4.C51H33N5/c1-4-14-35(15-5-1)36-24-26-37(27-25-36)46-34-51(54-52(53-46)38-16-6-2-7-17-38)56-48-23-13-11-21-43(48)45-33-40(29-31-50(45)56)39-28-30-49-44(32-39)42-20-10-12-22-47(42)55(49)41-18-8-3-9-19-41;1-4-12-34(13-5-1)37-20-24-48-43(30-37)44-32-39(38-21-23-47-42(31-38)41-18-10-11-19-46(41)55(47)40-26-28-52-29-27-40)22-25-49(44)56(48)50-33-45(35-14-6-2-7-15-35)53-51(54-50)36-16-8-3-9-17-36/h1-34H;1-33H. The fourth-order valence-electron chi connectivity index (χ4n) is 16.5. The van der Waals surface area contributed by atoms with Gasteiger partial charge in [-0.3, -0.25) is 14.1 Å². The third-order valence-corrected chi connectivity index (χ3v) is 21.8. The highest BCUT2D eigenvalue weighted by molar-refractivity contribution is 6.15. The highest BCUT2D eigenvalue weighted by atomic mass is 15.1. The van der Waals surface area contributed by atoms with Crippen LogP contribution in [0.25, 0.3) is 200 Å². The van der Waals surface area contributed by atoms with Crippen LogP contribution in [0.15, 0.2) is 407 Å². The SMILES string of the molecule is c1ccc(-c2ccc(-c3cc(-n4c5ccccc5c5cc(-c6ccc7c(c6)c6ccccc6n7-c6ccccc6)ccc54)nc(-c4ccccc4)n3)cc2)cc1.c1ccc(-c2ccc3c(c2)c2cc(-c4ccc5c(c4)c4ccccc4n5-c4ccncc4)ccc2n3-c2cc(-c3ccccc3)nc(-c3ccccc3)n2)cc1. The minimum Gasteiger partial charge on any atom is -0.309 e. The molecule has 22 aromatic rings. The molecule has 0 aliphatic heterocycles. The number of rotatable bonds is 12. The first-order valence-corrected chi connectivity index (χ1v) is 37.8. The number of hydrogen-bond donors (Lipinski definition) is 0. The number of pyridine rings is 1. The second-order valence-corrected chi connectivity index (χ2v) is 28.4. The van der Waals surface area contributed by atoms with Crippen molar-refractivity contribution in [2.45, 2.75) is 0 Å². The molecule has 0 atom stereocenters. The Morgan fingerprint density at radius 3 is 0.804 bits per heavy atom. The van der Waals surface area contributed by atoms with Crippen LogP contribution in [0.3, 0.4) is 0 Å². The molecule has 0 N–H and O–H groups in total. The molecular weight excluding hydrogens is 1360 g/mol. The van der Waals surface area contributed by atoms with Crippen LogP contribution in [0.5, 0.6) is 0 Å². The van der Waals surface area contributed by atoms with Crippen molar-refractivity contribution in [1.82, 2.24) is 43.2 Å². The molecule has 7 aromatic heterocycles. The second kappa shape index (κ2) is 27.5. The summed E-state index contributed by atoms with van der Waals surface area (Å²) in [6.07, 6.45) is 3.71. The largest absolute Gasteiger partial charge is 0.309 e. The molecule has 0 aliphatic carbocycles. The summed E-state index contributed by atoms with van der Waals surface area (Å²) in [5, 5.41) is 9.61. The van der Waals surface area contributed by atoms with Crippen molar-refractivity contribution < 1.29 is 0 Å². The predicted molar refractivity (Wildman–Crippen MR) is 463 cm³/mol. The van der Waals surface area contributed by atoms with Crippen LogP contribution in [0, 0.1) is 0 Å². The lowest BCUT2D eigenvalue weighted by atomic mass is 9.99. The Morgan fingerprint density at radius 1 is 0.161 bits per heavy atom. The first-order valence-electron chi connectivity index (χ1n) is 37.8. The Morgan fingerprint density at radius 2 is 0.411 bits per heavy atom. The van der Waals surface area contributed by atoms with Gasteiger partial charge in [-0.25, -0.2) is 19.9 Å². The molecule has 112 heavy (non-hydrogen) atoms. The molecule has 0 amide bonds. The van der Waals surface area contributed by atoms with Gasteiger partial charge in [0, 0.05) is 101 Å². The van der Waals surface area contributed by atoms with Crippen LogP contribution in [0.4, 0.5) is 0 Å². The highest BCUT2D eigenvalue weighted by Crippen LogP contribution is 2.43. The molecule has 0 spiro atoms. The average Bonchev–Trinajstić information content (AvgIpc) is 1.59. The Balaban J connectivity index is 0.000000141. The zero-order valence-electron chi connectivity index (χ0n) is 60.7. The van der Waals surface area contributed by atoms with E-state index in [1.54, 1.807) is 0 Å². The summed E-state index contributed by atoms with van der Waals surface area (Å²) in [5.74, 6) is 3.03. The number of para-hydroxylation sites is 4. The molecule has 0 bridgehead atoms. The first-order chi connectivity index (χ1) is 55.5. The fourth-order valence-corrected chi connectivity index (χ4v) is 16.5. The number of hydrogen-bond acceptors (Lipinski definition) is 5. The summed E-state index contributed by atoms with van der Waals surface area (Å²) in [5.41, 5.74) is 26.5. The van der Waals surface area contributed by atoms with Crippen LogP contribution >= 0.6 is 0 Å². The lowest BCUT2D eigenvalue weighted by molar-refractivity contribution is 1.05. The molecule has 0 saturated heterocycles. The van der Waals surface area contributed by atoms with Gasteiger partial charge < -0.3 is 9.13 Å². The molecule has 9 nitrogen and oxygen atoms in total. The number of benzene rings is 15. The third kappa shape index (κ3) is 11.5. The number of aromatic nitrogens is 9. The van der Waals surface area contributed by atoms with E-state index in [0.717, 1.165) is 95.2 Å². The molecule has 0 aliphatic rings. The van der Waals surface area contributed by atoms with Crippen LogP contribution in [-0.4, -0.2) is 43.2 Å². The molecule has 9 heteroatoms.